The highest BCUT2D eigenvalue weighted by atomic mass is 79.9. The van der Waals surface area contributed by atoms with Gasteiger partial charge in [-0.25, -0.2) is 0 Å². The molecule has 1 aromatic heterocycles. The molecule has 0 saturated heterocycles. The van der Waals surface area contributed by atoms with Crippen molar-refractivity contribution >= 4 is 33.4 Å². The summed E-state index contributed by atoms with van der Waals surface area (Å²) < 4.78 is 6.46. The molecule has 1 heterocycles. The SMILES string of the molecule is CCOc1ccc(N)c(SCc2ccc(Br)cn2)c1. The third-order valence-corrected chi connectivity index (χ3v) is 4.03. The number of ether oxygens (including phenoxy) is 1. The highest BCUT2D eigenvalue weighted by Crippen LogP contribution is 2.31. The first-order valence-electron chi connectivity index (χ1n) is 5.94. The Bertz CT molecular complexity index is 546. The van der Waals surface area contributed by atoms with Crippen LogP contribution in [0.4, 0.5) is 5.69 Å². The predicted octanol–water partition coefficient (Wildman–Crippen LogP) is 4.12. The number of rotatable bonds is 5. The molecule has 0 spiro atoms. The average molecular weight is 339 g/mol. The molecule has 0 atom stereocenters. The summed E-state index contributed by atoms with van der Waals surface area (Å²) >= 11 is 5.04. The Hall–Kier alpha value is -1.20. The van der Waals surface area contributed by atoms with Gasteiger partial charge in [0.15, 0.2) is 0 Å². The van der Waals surface area contributed by atoms with Crippen LogP contribution in [0.5, 0.6) is 5.75 Å². The number of nitrogen functional groups attached to an aromatic ring is 1. The van der Waals surface area contributed by atoms with E-state index in [-0.39, 0.29) is 0 Å². The summed E-state index contributed by atoms with van der Waals surface area (Å²) in [4.78, 5) is 5.37. The first kappa shape index (κ1) is 14.2. The van der Waals surface area contributed by atoms with E-state index in [1.54, 1.807) is 18.0 Å². The minimum absolute atomic E-state index is 0.655. The van der Waals surface area contributed by atoms with Crippen molar-refractivity contribution in [2.45, 2.75) is 17.6 Å². The van der Waals surface area contributed by atoms with E-state index in [4.69, 9.17) is 10.5 Å². The number of thioether (sulfide) groups is 1. The van der Waals surface area contributed by atoms with Crippen LogP contribution in [0, 0.1) is 0 Å². The number of aromatic nitrogens is 1. The smallest absolute Gasteiger partial charge is 0.120 e. The van der Waals surface area contributed by atoms with Gasteiger partial charge in [-0.15, -0.1) is 11.8 Å². The van der Waals surface area contributed by atoms with E-state index < -0.39 is 0 Å². The second kappa shape index (κ2) is 6.82. The Morgan fingerprint density at radius 3 is 2.84 bits per heavy atom. The second-order valence-corrected chi connectivity index (χ2v) is 5.82. The average Bonchev–Trinajstić information content (AvgIpc) is 2.41. The van der Waals surface area contributed by atoms with Crippen LogP contribution in [0.25, 0.3) is 0 Å². The van der Waals surface area contributed by atoms with Crippen molar-refractivity contribution < 1.29 is 4.74 Å². The van der Waals surface area contributed by atoms with Crippen LogP contribution in [-0.2, 0) is 5.75 Å². The molecule has 0 fully saturated rings. The molecule has 100 valence electrons. The van der Waals surface area contributed by atoms with Gasteiger partial charge in [-0.3, -0.25) is 4.98 Å². The predicted molar refractivity (Wildman–Crippen MR) is 83.5 cm³/mol. The first-order chi connectivity index (χ1) is 9.19. The summed E-state index contributed by atoms with van der Waals surface area (Å²) in [6.07, 6.45) is 1.80. The monoisotopic (exact) mass is 338 g/mol. The molecule has 0 aliphatic rings. The highest BCUT2D eigenvalue weighted by molar-refractivity contribution is 9.10. The van der Waals surface area contributed by atoms with Crippen LogP contribution in [-0.4, -0.2) is 11.6 Å². The maximum atomic E-state index is 5.97. The van der Waals surface area contributed by atoms with Crippen molar-refractivity contribution in [3.8, 4) is 5.75 Å². The topological polar surface area (TPSA) is 48.1 Å². The van der Waals surface area contributed by atoms with Gasteiger partial charge in [-0.2, -0.15) is 0 Å². The van der Waals surface area contributed by atoms with Gasteiger partial charge in [0, 0.05) is 27.0 Å². The van der Waals surface area contributed by atoms with Crippen molar-refractivity contribution in [3.63, 3.8) is 0 Å². The molecular formula is C14H15BrN2OS. The molecule has 5 heteroatoms. The maximum Gasteiger partial charge on any atom is 0.120 e. The fourth-order valence-corrected chi connectivity index (χ4v) is 2.68. The Labute approximate surface area is 125 Å². The number of nitrogens with zero attached hydrogens (tertiary/aromatic N) is 1. The van der Waals surface area contributed by atoms with Gasteiger partial charge >= 0.3 is 0 Å². The fraction of sp³-hybridized carbons (Fsp3) is 0.214. The van der Waals surface area contributed by atoms with Crippen LogP contribution < -0.4 is 10.5 Å². The lowest BCUT2D eigenvalue weighted by atomic mass is 10.3. The van der Waals surface area contributed by atoms with Crippen LogP contribution in [0.15, 0.2) is 45.9 Å². The molecule has 1 aromatic carbocycles. The van der Waals surface area contributed by atoms with Gasteiger partial charge in [0.2, 0.25) is 0 Å². The summed E-state index contributed by atoms with van der Waals surface area (Å²) in [7, 11) is 0. The molecule has 2 N–H and O–H groups in total. The number of anilines is 1. The van der Waals surface area contributed by atoms with E-state index in [1.807, 2.05) is 37.3 Å². The number of nitrogens with two attached hydrogens (primary N) is 1. The number of pyridine rings is 1. The molecule has 2 rings (SSSR count). The third kappa shape index (κ3) is 4.14. The molecule has 2 aromatic rings. The summed E-state index contributed by atoms with van der Waals surface area (Å²) in [5.41, 5.74) is 7.76. The molecule has 0 amide bonds. The zero-order valence-electron chi connectivity index (χ0n) is 10.6. The summed E-state index contributed by atoms with van der Waals surface area (Å²) in [5.74, 6) is 1.63. The van der Waals surface area contributed by atoms with Crippen molar-refractivity contribution in [1.29, 1.82) is 0 Å². The van der Waals surface area contributed by atoms with Gasteiger partial charge in [-0.05, 0) is 53.2 Å². The highest BCUT2D eigenvalue weighted by Gasteiger charge is 2.04. The molecule has 19 heavy (non-hydrogen) atoms. The molecule has 0 aliphatic heterocycles. The molecule has 0 bridgehead atoms. The zero-order chi connectivity index (χ0) is 13.7. The Balaban J connectivity index is 2.05. The van der Waals surface area contributed by atoms with Crippen LogP contribution in [0.2, 0.25) is 0 Å². The van der Waals surface area contributed by atoms with Crippen molar-refractivity contribution in [2.75, 3.05) is 12.3 Å². The Morgan fingerprint density at radius 1 is 1.32 bits per heavy atom. The molecule has 0 unspecified atom stereocenters. The molecular weight excluding hydrogens is 324 g/mol. The molecule has 0 aliphatic carbocycles. The van der Waals surface area contributed by atoms with E-state index in [2.05, 4.69) is 20.9 Å². The van der Waals surface area contributed by atoms with E-state index in [1.165, 1.54) is 0 Å². The lowest BCUT2D eigenvalue weighted by Gasteiger charge is -2.08. The molecule has 3 nitrogen and oxygen atoms in total. The van der Waals surface area contributed by atoms with Gasteiger partial charge in [0.25, 0.3) is 0 Å². The minimum atomic E-state index is 0.655. The number of hydrogen-bond acceptors (Lipinski definition) is 4. The van der Waals surface area contributed by atoms with Crippen LogP contribution in [0.3, 0.4) is 0 Å². The van der Waals surface area contributed by atoms with Crippen molar-refractivity contribution in [2.24, 2.45) is 0 Å². The minimum Gasteiger partial charge on any atom is -0.494 e. The van der Waals surface area contributed by atoms with Crippen LogP contribution >= 0.6 is 27.7 Å². The van der Waals surface area contributed by atoms with E-state index in [9.17, 15) is 0 Å². The third-order valence-electron chi connectivity index (χ3n) is 2.46. The van der Waals surface area contributed by atoms with Crippen LogP contribution in [0.1, 0.15) is 12.6 Å². The lowest BCUT2D eigenvalue weighted by Crippen LogP contribution is -1.94. The molecule has 0 saturated carbocycles. The van der Waals surface area contributed by atoms with Gasteiger partial charge < -0.3 is 10.5 Å². The Morgan fingerprint density at radius 2 is 2.16 bits per heavy atom. The standard InChI is InChI=1S/C14H15BrN2OS/c1-2-18-12-5-6-13(16)14(7-12)19-9-11-4-3-10(15)8-17-11/h3-8H,2,9,16H2,1H3. The number of benzene rings is 1. The normalized spacial score (nSPS) is 10.4. The van der Waals surface area contributed by atoms with Gasteiger partial charge in [0.1, 0.15) is 5.75 Å². The fourth-order valence-electron chi connectivity index (χ4n) is 1.54. The Kier molecular flexibility index (Phi) is 5.10. The summed E-state index contributed by atoms with van der Waals surface area (Å²) in [5, 5.41) is 0. The summed E-state index contributed by atoms with van der Waals surface area (Å²) in [6, 6.07) is 9.73. The lowest BCUT2D eigenvalue weighted by molar-refractivity contribution is 0.339. The van der Waals surface area contributed by atoms with Gasteiger partial charge in [0.05, 0.1) is 12.3 Å². The van der Waals surface area contributed by atoms with Crippen molar-refractivity contribution in [3.05, 3.63) is 46.7 Å². The van der Waals surface area contributed by atoms with E-state index in [0.717, 1.165) is 32.3 Å². The van der Waals surface area contributed by atoms with Crippen molar-refractivity contribution in [1.82, 2.24) is 4.98 Å². The largest absolute Gasteiger partial charge is 0.494 e. The first-order valence-corrected chi connectivity index (χ1v) is 7.72. The number of hydrogen-bond donors (Lipinski definition) is 1. The summed E-state index contributed by atoms with van der Waals surface area (Å²) in [6.45, 7) is 2.62. The van der Waals surface area contributed by atoms with E-state index >= 15 is 0 Å². The second-order valence-electron chi connectivity index (χ2n) is 3.89. The maximum absolute atomic E-state index is 5.97. The molecule has 0 radical (unpaired) electrons. The van der Waals surface area contributed by atoms with Gasteiger partial charge in [-0.1, -0.05) is 0 Å². The quantitative estimate of drug-likeness (QED) is 0.658. The van der Waals surface area contributed by atoms with E-state index in [0.29, 0.717) is 6.61 Å². The zero-order valence-corrected chi connectivity index (χ0v) is 13.0. The number of halogens is 1.